The van der Waals surface area contributed by atoms with Crippen molar-refractivity contribution in [3.05, 3.63) is 0 Å². The van der Waals surface area contributed by atoms with Crippen LogP contribution in [0.1, 0.15) is 0 Å². The van der Waals surface area contributed by atoms with Crippen LogP contribution in [-0.2, 0) is 13.7 Å². The van der Waals surface area contributed by atoms with Crippen LogP contribution in [0, 0.1) is 0 Å². The molecule has 0 aromatic heterocycles. The zero-order valence-corrected chi connectivity index (χ0v) is 16.8. The zero-order chi connectivity index (χ0) is 13.5. The largest absolute Gasteiger partial charge is 3.00 e. The van der Waals surface area contributed by atoms with E-state index in [-0.39, 0.29) is 83.7 Å². The molecular weight excluding hydrogens is 465 g/mol. The minimum Gasteiger partial charge on any atom is -0.822 e. The minimum absolute atomic E-state index is 0. The Hall–Kier alpha value is 3.04. The monoisotopic (exact) mass is 464 g/mol. The SMILES string of the molecule is O=P([O-])([O-])[O-].O=P([O-])([O-])[O-].O=P([O-])([O-])[O-].[Al+3].[Li+].[Mg+2].[Sb+3]. The first-order chi connectivity index (χ1) is 6.00. The van der Waals surface area contributed by atoms with Gasteiger partial charge in [-0.2, -0.15) is 23.5 Å². The maximum absolute atomic E-state index is 8.55. The quantitative estimate of drug-likeness (QED) is 0.239. The molecule has 0 aliphatic carbocycles. The molecule has 19 heteroatoms. The number of rotatable bonds is 0. The third kappa shape index (κ3) is 824. The molecule has 0 N–H and O–H groups in total. The van der Waals surface area contributed by atoms with E-state index in [1.54, 1.807) is 0 Å². The van der Waals surface area contributed by atoms with Crippen molar-refractivity contribution in [2.24, 2.45) is 0 Å². The molecule has 19 heavy (non-hydrogen) atoms. The van der Waals surface area contributed by atoms with E-state index in [2.05, 4.69) is 0 Å². The van der Waals surface area contributed by atoms with Gasteiger partial charge in [-0.1, -0.05) is 0 Å². The third-order valence-electron chi connectivity index (χ3n) is 0. The molecule has 0 unspecified atom stereocenters. The summed E-state index contributed by atoms with van der Waals surface area (Å²) in [4.78, 5) is 76.9. The first kappa shape index (κ1) is 43.1. The van der Waals surface area contributed by atoms with E-state index in [0.717, 1.165) is 0 Å². The molecule has 0 bridgehead atoms. The van der Waals surface area contributed by atoms with Crippen molar-refractivity contribution in [1.82, 2.24) is 0 Å². The molecule has 0 saturated carbocycles. The van der Waals surface area contributed by atoms with Gasteiger partial charge in [0.1, 0.15) is 0 Å². The molecule has 0 saturated heterocycles. The van der Waals surface area contributed by atoms with E-state index in [0.29, 0.717) is 0 Å². The predicted octanol–water partition coefficient (Wildman–Crippen LogP) is -12.6. The second-order valence-corrected chi connectivity index (χ2v) is 4.02. The number of hydrogen-bond acceptors (Lipinski definition) is 12. The van der Waals surface area contributed by atoms with Crippen molar-refractivity contribution >= 4 is 88.3 Å². The average molecular weight is 465 g/mol. The van der Waals surface area contributed by atoms with Gasteiger partial charge in [-0.15, -0.1) is 0 Å². The van der Waals surface area contributed by atoms with Crippen LogP contribution in [0.3, 0.4) is 0 Å². The van der Waals surface area contributed by atoms with E-state index in [4.69, 9.17) is 57.7 Å². The average Bonchev–Trinajstić information content (AvgIpc) is 1.41. The third-order valence-corrected chi connectivity index (χ3v) is 0. The Morgan fingerprint density at radius 1 is 0.526 bits per heavy atom. The normalized spacial score (nSPS) is 9.32. The summed E-state index contributed by atoms with van der Waals surface area (Å²) in [6.45, 7) is 0. The Bertz CT molecular complexity index is 219. The fourth-order valence-corrected chi connectivity index (χ4v) is 0. The van der Waals surface area contributed by atoms with Gasteiger partial charge in [0.05, 0.1) is 0 Å². The fourth-order valence-electron chi connectivity index (χ4n) is 0. The standard InChI is InChI=1S/Al.Li.Mg.3H3O4P.Sb/c;;;3*1-5(2,3)4;/h;;;3*(H3,1,2,3,4);/q+3;+1;+2;;;;+3/p-9. The van der Waals surface area contributed by atoms with Crippen molar-refractivity contribution in [1.29, 1.82) is 0 Å². The van der Waals surface area contributed by atoms with Crippen LogP contribution in [0.4, 0.5) is 0 Å². The van der Waals surface area contributed by atoms with Crippen LogP contribution in [0.15, 0.2) is 0 Å². The molecule has 0 rings (SSSR count). The van der Waals surface area contributed by atoms with Gasteiger partial charge in [0.25, 0.3) is 0 Å². The van der Waals surface area contributed by atoms with E-state index >= 15 is 0 Å². The van der Waals surface area contributed by atoms with Gasteiger partial charge >= 0.3 is 83.7 Å². The molecule has 0 atom stereocenters. The first-order valence-electron chi connectivity index (χ1n) is 2.19. The van der Waals surface area contributed by atoms with Gasteiger partial charge in [-0.25, -0.2) is 0 Å². The maximum Gasteiger partial charge on any atom is 3.00 e. The van der Waals surface area contributed by atoms with Crippen LogP contribution in [0.5, 0.6) is 0 Å². The summed E-state index contributed by atoms with van der Waals surface area (Å²) in [5, 5.41) is 0. The van der Waals surface area contributed by atoms with Gasteiger partial charge in [-0.3, -0.25) is 0 Å². The van der Waals surface area contributed by atoms with Crippen molar-refractivity contribution in [3.63, 3.8) is 0 Å². The number of hydrogen-bond donors (Lipinski definition) is 0. The van der Waals surface area contributed by atoms with Crippen molar-refractivity contribution in [3.8, 4) is 0 Å². The van der Waals surface area contributed by atoms with Crippen molar-refractivity contribution in [2.45, 2.75) is 0 Å². The Morgan fingerprint density at radius 2 is 0.526 bits per heavy atom. The second kappa shape index (κ2) is 19.1. The Kier molecular flexibility index (Phi) is 43.3. The smallest absolute Gasteiger partial charge is 0.822 e. The van der Waals surface area contributed by atoms with Crippen LogP contribution >= 0.6 is 23.5 Å². The van der Waals surface area contributed by atoms with Crippen molar-refractivity contribution < 1.29 is 76.6 Å². The van der Waals surface area contributed by atoms with Crippen LogP contribution in [0.25, 0.3) is 0 Å². The summed E-state index contributed by atoms with van der Waals surface area (Å²) >= 11 is 0. The number of phosphoric acid groups is 3. The molecule has 98 valence electrons. The fraction of sp³-hybridized carbons (Fsp3) is 0. The molecule has 2 radical (unpaired) electrons. The Labute approximate surface area is 163 Å². The summed E-state index contributed by atoms with van der Waals surface area (Å²) in [7, 11) is -16.2. The summed E-state index contributed by atoms with van der Waals surface area (Å²) in [6, 6.07) is 0. The molecule has 0 aliphatic rings. The van der Waals surface area contributed by atoms with Gasteiger partial charge < -0.3 is 57.7 Å². The first-order valence-corrected chi connectivity index (χ1v) is 6.57. The Balaban J connectivity index is -0.0000000206. The summed E-state index contributed by atoms with van der Waals surface area (Å²) in [6.07, 6.45) is 0. The summed E-state index contributed by atoms with van der Waals surface area (Å²) in [5.41, 5.74) is 0. The van der Waals surface area contributed by atoms with Crippen LogP contribution in [0.2, 0.25) is 0 Å². The molecule has 0 aliphatic heterocycles. The molecule has 0 amide bonds. The maximum atomic E-state index is 8.55. The van der Waals surface area contributed by atoms with Gasteiger partial charge in [-0.05, 0) is 0 Å². The Morgan fingerprint density at radius 3 is 0.526 bits per heavy atom. The van der Waals surface area contributed by atoms with E-state index < -0.39 is 23.5 Å². The molecule has 0 spiro atoms. The van der Waals surface area contributed by atoms with Gasteiger partial charge in [0.2, 0.25) is 0 Å². The van der Waals surface area contributed by atoms with Crippen LogP contribution < -0.4 is 62.9 Å². The van der Waals surface area contributed by atoms with Crippen LogP contribution in [-0.4, -0.2) is 64.8 Å². The molecule has 0 heterocycles. The predicted molar refractivity (Wildman–Crippen MR) is 40.1 cm³/mol. The topological polar surface area (TPSA) is 259 Å². The zero-order valence-electron chi connectivity index (χ0n) is 8.97. The van der Waals surface area contributed by atoms with E-state index in [1.807, 2.05) is 0 Å². The van der Waals surface area contributed by atoms with E-state index in [9.17, 15) is 0 Å². The molecule has 0 aromatic carbocycles. The molecule has 12 nitrogen and oxygen atoms in total. The summed E-state index contributed by atoms with van der Waals surface area (Å²) < 4.78 is 25.6. The van der Waals surface area contributed by atoms with Crippen molar-refractivity contribution in [2.75, 3.05) is 0 Å². The van der Waals surface area contributed by atoms with Gasteiger partial charge in [0.15, 0.2) is 0 Å². The summed E-state index contributed by atoms with van der Waals surface area (Å²) in [5.74, 6) is 0. The minimum atomic E-state index is -5.39. The van der Waals surface area contributed by atoms with Gasteiger partial charge in [0, 0.05) is 0 Å². The van der Waals surface area contributed by atoms with E-state index in [1.165, 1.54) is 0 Å². The molecule has 0 aromatic rings. The molecular formula is AlLiMgO12P3Sb. The molecule has 0 fully saturated rings. The second-order valence-electron chi connectivity index (χ2n) is 1.34.